The Labute approximate surface area is 157 Å². The largest absolute Gasteiger partial charge is 0.339 e. The lowest BCUT2D eigenvalue weighted by atomic mass is 10.0. The summed E-state index contributed by atoms with van der Waals surface area (Å²) in [4.78, 5) is 10.8. The van der Waals surface area contributed by atoms with Crippen molar-refractivity contribution in [1.82, 2.24) is 25.5 Å². The zero-order valence-corrected chi connectivity index (χ0v) is 15.5. The average Bonchev–Trinajstić information content (AvgIpc) is 2.97. The van der Waals surface area contributed by atoms with Gasteiger partial charge in [0.05, 0.1) is 17.9 Å². The number of H-pyrrole nitrogens is 1. The molecule has 8 heteroatoms. The predicted octanol–water partition coefficient (Wildman–Crippen LogP) is 3.06. The molecule has 1 aromatic carbocycles. The molecule has 4 rings (SSSR count). The van der Waals surface area contributed by atoms with Crippen molar-refractivity contribution in [3.05, 3.63) is 36.4 Å². The van der Waals surface area contributed by atoms with Crippen molar-refractivity contribution in [3.8, 4) is 0 Å². The predicted molar refractivity (Wildman–Crippen MR) is 105 cm³/mol. The van der Waals surface area contributed by atoms with Crippen LogP contribution in [0.5, 0.6) is 0 Å². The fourth-order valence-corrected chi connectivity index (χ4v) is 3.33. The number of aromatic nitrogens is 4. The number of nitrogens with zero attached hydrogens (tertiary/aromatic N) is 4. The Bertz CT molecular complexity index is 923. The SMILES string of the molecule is CC(C)C1CN(c2ncc(F)c(Nc3ccc4[nH]ncc4c3)n2)CCCN1. The topological polar surface area (TPSA) is 81.8 Å². The summed E-state index contributed by atoms with van der Waals surface area (Å²) in [6.45, 7) is 7.03. The molecule has 0 amide bonds. The summed E-state index contributed by atoms with van der Waals surface area (Å²) >= 11 is 0. The van der Waals surface area contributed by atoms with Crippen molar-refractivity contribution in [3.63, 3.8) is 0 Å². The highest BCUT2D eigenvalue weighted by Gasteiger charge is 2.22. The highest BCUT2D eigenvalue weighted by molar-refractivity contribution is 5.82. The number of nitrogens with one attached hydrogen (secondary N) is 3. The van der Waals surface area contributed by atoms with E-state index in [-0.39, 0.29) is 5.82 Å². The van der Waals surface area contributed by atoms with Crippen LogP contribution in [0.4, 0.5) is 21.8 Å². The highest BCUT2D eigenvalue weighted by atomic mass is 19.1. The smallest absolute Gasteiger partial charge is 0.227 e. The Morgan fingerprint density at radius 2 is 2.19 bits per heavy atom. The molecule has 1 aliphatic heterocycles. The molecule has 2 aromatic heterocycles. The van der Waals surface area contributed by atoms with E-state index in [4.69, 9.17) is 0 Å². The molecule has 0 saturated carbocycles. The molecule has 3 heterocycles. The monoisotopic (exact) mass is 369 g/mol. The van der Waals surface area contributed by atoms with Crippen molar-refractivity contribution in [2.24, 2.45) is 5.92 Å². The highest BCUT2D eigenvalue weighted by Crippen LogP contribution is 2.23. The van der Waals surface area contributed by atoms with Crippen LogP contribution in [0, 0.1) is 11.7 Å². The van der Waals surface area contributed by atoms with E-state index in [0.717, 1.165) is 42.6 Å². The molecule has 0 bridgehead atoms. The molecule has 1 unspecified atom stereocenters. The third-order valence-electron chi connectivity index (χ3n) is 4.95. The van der Waals surface area contributed by atoms with Gasteiger partial charge in [-0.15, -0.1) is 0 Å². The third-order valence-corrected chi connectivity index (χ3v) is 4.95. The van der Waals surface area contributed by atoms with Crippen molar-refractivity contribution < 1.29 is 4.39 Å². The normalized spacial score (nSPS) is 18.1. The van der Waals surface area contributed by atoms with Gasteiger partial charge in [-0.1, -0.05) is 13.8 Å². The van der Waals surface area contributed by atoms with Gasteiger partial charge in [0.2, 0.25) is 5.95 Å². The fraction of sp³-hybridized carbons (Fsp3) is 0.421. The first-order valence-electron chi connectivity index (χ1n) is 9.31. The Kier molecular flexibility index (Phi) is 4.89. The van der Waals surface area contributed by atoms with Gasteiger partial charge >= 0.3 is 0 Å². The van der Waals surface area contributed by atoms with Gasteiger partial charge in [-0.05, 0) is 37.1 Å². The van der Waals surface area contributed by atoms with E-state index in [2.05, 4.69) is 49.5 Å². The fourth-order valence-electron chi connectivity index (χ4n) is 3.33. The van der Waals surface area contributed by atoms with Gasteiger partial charge in [-0.25, -0.2) is 9.37 Å². The van der Waals surface area contributed by atoms with Crippen molar-refractivity contribution >= 4 is 28.4 Å². The van der Waals surface area contributed by atoms with Crippen LogP contribution in [0.3, 0.4) is 0 Å². The van der Waals surface area contributed by atoms with Crippen LogP contribution in [0.1, 0.15) is 20.3 Å². The first kappa shape index (κ1) is 17.7. The molecule has 27 heavy (non-hydrogen) atoms. The number of anilines is 3. The molecular weight excluding hydrogens is 345 g/mol. The Hall–Kier alpha value is -2.74. The summed E-state index contributed by atoms with van der Waals surface area (Å²) < 4.78 is 14.3. The van der Waals surface area contributed by atoms with Crippen LogP contribution in [0.25, 0.3) is 10.9 Å². The summed E-state index contributed by atoms with van der Waals surface area (Å²) in [5.41, 5.74) is 1.69. The van der Waals surface area contributed by atoms with Crippen molar-refractivity contribution in [2.45, 2.75) is 26.3 Å². The molecule has 1 saturated heterocycles. The van der Waals surface area contributed by atoms with E-state index >= 15 is 0 Å². The van der Waals surface area contributed by atoms with Gasteiger partial charge in [0, 0.05) is 30.2 Å². The number of hydrogen-bond acceptors (Lipinski definition) is 6. The second kappa shape index (κ2) is 7.48. The molecule has 1 fully saturated rings. The van der Waals surface area contributed by atoms with Crippen LogP contribution >= 0.6 is 0 Å². The maximum atomic E-state index is 14.3. The number of rotatable bonds is 4. The third kappa shape index (κ3) is 3.85. The van der Waals surface area contributed by atoms with E-state index in [1.165, 1.54) is 6.20 Å². The molecule has 0 radical (unpaired) electrons. The quantitative estimate of drug-likeness (QED) is 0.656. The Morgan fingerprint density at radius 3 is 3.04 bits per heavy atom. The molecule has 1 aliphatic rings. The van der Waals surface area contributed by atoms with E-state index in [9.17, 15) is 4.39 Å². The molecule has 0 aliphatic carbocycles. The minimum absolute atomic E-state index is 0.182. The van der Waals surface area contributed by atoms with Gasteiger partial charge in [0.15, 0.2) is 11.6 Å². The van der Waals surface area contributed by atoms with E-state index in [0.29, 0.717) is 17.9 Å². The Morgan fingerprint density at radius 1 is 1.30 bits per heavy atom. The molecule has 1 atom stereocenters. The summed E-state index contributed by atoms with van der Waals surface area (Å²) in [5, 5.41) is 14.5. The zero-order chi connectivity index (χ0) is 18.8. The van der Waals surface area contributed by atoms with Gasteiger partial charge in [0.25, 0.3) is 0 Å². The van der Waals surface area contributed by atoms with Gasteiger partial charge < -0.3 is 15.5 Å². The maximum absolute atomic E-state index is 14.3. The van der Waals surface area contributed by atoms with Crippen molar-refractivity contribution in [2.75, 3.05) is 29.9 Å². The minimum Gasteiger partial charge on any atom is -0.339 e. The molecule has 7 nitrogen and oxygen atoms in total. The summed E-state index contributed by atoms with van der Waals surface area (Å²) in [7, 11) is 0. The lowest BCUT2D eigenvalue weighted by Crippen LogP contribution is -2.41. The zero-order valence-electron chi connectivity index (χ0n) is 15.5. The van der Waals surface area contributed by atoms with E-state index in [1.807, 2.05) is 18.2 Å². The van der Waals surface area contributed by atoms with E-state index < -0.39 is 5.82 Å². The number of halogens is 1. The van der Waals surface area contributed by atoms with Crippen LogP contribution < -0.4 is 15.5 Å². The first-order chi connectivity index (χ1) is 13.1. The minimum atomic E-state index is -0.473. The first-order valence-corrected chi connectivity index (χ1v) is 9.31. The Balaban J connectivity index is 1.58. The van der Waals surface area contributed by atoms with E-state index in [1.54, 1.807) is 6.20 Å². The lowest BCUT2D eigenvalue weighted by Gasteiger charge is -2.27. The van der Waals surface area contributed by atoms with Crippen LogP contribution in [-0.2, 0) is 0 Å². The molecule has 3 N–H and O–H groups in total. The number of hydrogen-bond donors (Lipinski definition) is 3. The van der Waals surface area contributed by atoms with Gasteiger partial charge in [-0.3, -0.25) is 5.10 Å². The second-order valence-electron chi connectivity index (χ2n) is 7.27. The molecule has 0 spiro atoms. The summed E-state index contributed by atoms with van der Waals surface area (Å²) in [6, 6.07) is 6.04. The van der Waals surface area contributed by atoms with Crippen molar-refractivity contribution in [1.29, 1.82) is 0 Å². The number of aromatic amines is 1. The molecular formula is C19H24FN7. The van der Waals surface area contributed by atoms with Crippen LogP contribution in [0.2, 0.25) is 0 Å². The van der Waals surface area contributed by atoms with Gasteiger partial charge in [0.1, 0.15) is 0 Å². The summed E-state index contributed by atoms with van der Waals surface area (Å²) in [6.07, 6.45) is 3.98. The second-order valence-corrected chi connectivity index (χ2v) is 7.27. The van der Waals surface area contributed by atoms with Crippen LogP contribution in [-0.4, -0.2) is 45.8 Å². The number of fused-ring (bicyclic) bond motifs is 1. The average molecular weight is 369 g/mol. The maximum Gasteiger partial charge on any atom is 0.227 e. The van der Waals surface area contributed by atoms with Crippen LogP contribution in [0.15, 0.2) is 30.6 Å². The lowest BCUT2D eigenvalue weighted by molar-refractivity contribution is 0.419. The standard InChI is InChI=1S/C19H24FN7/c1-12(2)17-11-27(7-3-6-21-17)19-22-10-15(20)18(25-19)24-14-4-5-16-13(8-14)9-23-26-16/h4-5,8-10,12,17,21H,3,6-7,11H2,1-2H3,(H,23,26)(H,22,24,25). The number of benzene rings is 1. The summed E-state index contributed by atoms with van der Waals surface area (Å²) in [5.74, 6) is 0.767. The molecule has 142 valence electrons. The molecule has 3 aromatic rings. The van der Waals surface area contributed by atoms with Gasteiger partial charge in [-0.2, -0.15) is 10.1 Å².